The van der Waals surface area contributed by atoms with Crippen molar-refractivity contribution in [3.63, 3.8) is 0 Å². The van der Waals surface area contributed by atoms with E-state index in [0.29, 0.717) is 35.4 Å². The second kappa shape index (κ2) is 7.76. The molecule has 1 aliphatic rings. The Labute approximate surface area is 168 Å². The maximum atomic E-state index is 12.2. The van der Waals surface area contributed by atoms with Crippen molar-refractivity contribution >= 4 is 23.2 Å². The van der Waals surface area contributed by atoms with Crippen LogP contribution >= 0.6 is 0 Å². The monoisotopic (exact) mass is 391 g/mol. The maximum absolute atomic E-state index is 12.2. The fourth-order valence-electron chi connectivity index (χ4n) is 3.26. The predicted molar refractivity (Wildman–Crippen MR) is 111 cm³/mol. The quantitative estimate of drug-likeness (QED) is 0.613. The van der Waals surface area contributed by atoms with Crippen molar-refractivity contribution in [3.8, 4) is 22.8 Å². The Kier molecular flexibility index (Phi) is 5.01. The van der Waals surface area contributed by atoms with Gasteiger partial charge < -0.3 is 25.8 Å². The number of nitrogens with zero attached hydrogens (tertiary/aromatic N) is 2. The van der Waals surface area contributed by atoms with Gasteiger partial charge in [-0.25, -0.2) is 9.97 Å². The van der Waals surface area contributed by atoms with Crippen LogP contribution in [0.3, 0.4) is 0 Å². The summed E-state index contributed by atoms with van der Waals surface area (Å²) in [6.07, 6.45) is 1.88. The van der Waals surface area contributed by atoms with Crippen LogP contribution in [0.2, 0.25) is 0 Å². The van der Waals surface area contributed by atoms with Crippen molar-refractivity contribution < 1.29 is 14.3 Å². The molecule has 2 heterocycles. The molecule has 0 saturated heterocycles. The number of methoxy groups -OCH3 is 2. The van der Waals surface area contributed by atoms with Crippen LogP contribution in [0.1, 0.15) is 11.1 Å². The van der Waals surface area contributed by atoms with Crippen molar-refractivity contribution in [2.75, 3.05) is 24.9 Å². The van der Waals surface area contributed by atoms with Crippen molar-refractivity contribution in [2.45, 2.75) is 13.0 Å². The summed E-state index contributed by atoms with van der Waals surface area (Å²) in [4.78, 5) is 21.3. The van der Waals surface area contributed by atoms with Gasteiger partial charge in [0, 0.05) is 35.6 Å². The van der Waals surface area contributed by atoms with Crippen LogP contribution in [-0.4, -0.2) is 30.1 Å². The van der Waals surface area contributed by atoms with E-state index in [9.17, 15) is 4.79 Å². The number of hydrogen-bond acceptors (Lipinski definition) is 7. The van der Waals surface area contributed by atoms with Gasteiger partial charge in [-0.3, -0.25) is 4.79 Å². The first-order valence-corrected chi connectivity index (χ1v) is 9.09. The van der Waals surface area contributed by atoms with E-state index in [0.717, 1.165) is 22.4 Å². The van der Waals surface area contributed by atoms with Crippen LogP contribution in [0.25, 0.3) is 11.3 Å². The van der Waals surface area contributed by atoms with E-state index in [-0.39, 0.29) is 12.3 Å². The SMILES string of the molecule is COc1ccc(Nc2ncc3c(n2)-c2cc(CN)ccc2NC(=O)C3)cc1OC. The Hall–Kier alpha value is -3.65. The summed E-state index contributed by atoms with van der Waals surface area (Å²) >= 11 is 0. The molecule has 8 heteroatoms. The van der Waals surface area contributed by atoms with E-state index in [1.165, 1.54) is 0 Å². The normalized spacial score (nSPS) is 12.3. The largest absolute Gasteiger partial charge is 0.493 e. The standard InChI is InChI=1S/C21H21N5O3/c1-28-17-6-4-14(9-18(17)29-2)24-21-23-11-13-8-19(27)25-16-5-3-12(10-22)7-15(16)20(13)26-21/h3-7,9,11H,8,10,22H2,1-2H3,(H,25,27)(H,23,24,26). The predicted octanol–water partition coefficient (Wildman–Crippen LogP) is 2.86. The van der Waals surface area contributed by atoms with E-state index >= 15 is 0 Å². The molecule has 0 spiro atoms. The molecule has 8 nitrogen and oxygen atoms in total. The second-order valence-electron chi connectivity index (χ2n) is 6.57. The van der Waals surface area contributed by atoms with E-state index in [4.69, 9.17) is 20.2 Å². The number of rotatable bonds is 5. The van der Waals surface area contributed by atoms with Gasteiger partial charge in [-0.15, -0.1) is 0 Å². The Bertz CT molecular complexity index is 1080. The van der Waals surface area contributed by atoms with Crippen LogP contribution < -0.4 is 25.8 Å². The highest BCUT2D eigenvalue weighted by atomic mass is 16.5. The Morgan fingerprint density at radius 1 is 1.14 bits per heavy atom. The third kappa shape index (κ3) is 3.70. The van der Waals surface area contributed by atoms with Gasteiger partial charge in [0.15, 0.2) is 11.5 Å². The number of hydrogen-bond donors (Lipinski definition) is 3. The Morgan fingerprint density at radius 2 is 1.97 bits per heavy atom. The van der Waals surface area contributed by atoms with E-state index in [1.54, 1.807) is 32.5 Å². The lowest BCUT2D eigenvalue weighted by atomic mass is 10.0. The van der Waals surface area contributed by atoms with Gasteiger partial charge in [0.1, 0.15) is 0 Å². The minimum absolute atomic E-state index is 0.102. The lowest BCUT2D eigenvalue weighted by Gasteiger charge is -2.13. The first-order chi connectivity index (χ1) is 14.1. The van der Waals surface area contributed by atoms with Gasteiger partial charge in [0.05, 0.1) is 32.0 Å². The highest BCUT2D eigenvalue weighted by Crippen LogP contribution is 2.35. The van der Waals surface area contributed by atoms with Crippen LogP contribution in [0.4, 0.5) is 17.3 Å². The summed E-state index contributed by atoms with van der Waals surface area (Å²) in [5, 5.41) is 6.10. The topological polar surface area (TPSA) is 111 Å². The number of nitrogens with two attached hydrogens (primary N) is 1. The average Bonchev–Trinajstić information content (AvgIpc) is 2.88. The molecule has 0 unspecified atom stereocenters. The second-order valence-corrected chi connectivity index (χ2v) is 6.57. The van der Waals surface area contributed by atoms with Gasteiger partial charge >= 0.3 is 0 Å². The van der Waals surface area contributed by atoms with Gasteiger partial charge in [0.2, 0.25) is 11.9 Å². The van der Waals surface area contributed by atoms with Crippen LogP contribution in [0.15, 0.2) is 42.6 Å². The van der Waals surface area contributed by atoms with Gasteiger partial charge in [0.25, 0.3) is 0 Å². The fourth-order valence-corrected chi connectivity index (χ4v) is 3.26. The first kappa shape index (κ1) is 18.7. The molecule has 1 aromatic heterocycles. The molecular weight excluding hydrogens is 370 g/mol. The zero-order chi connectivity index (χ0) is 20.4. The van der Waals surface area contributed by atoms with Crippen LogP contribution in [0.5, 0.6) is 11.5 Å². The van der Waals surface area contributed by atoms with Crippen molar-refractivity contribution in [3.05, 3.63) is 53.7 Å². The summed E-state index contributed by atoms with van der Waals surface area (Å²) in [5.74, 6) is 1.54. The third-order valence-corrected chi connectivity index (χ3v) is 4.70. The highest BCUT2D eigenvalue weighted by molar-refractivity contribution is 6.00. The number of anilines is 3. The fraction of sp³-hybridized carbons (Fsp3) is 0.190. The highest BCUT2D eigenvalue weighted by Gasteiger charge is 2.21. The molecule has 0 atom stereocenters. The summed E-state index contributed by atoms with van der Waals surface area (Å²) in [6.45, 7) is 0.401. The molecule has 1 aliphatic heterocycles. The smallest absolute Gasteiger partial charge is 0.228 e. The molecule has 1 amide bonds. The zero-order valence-electron chi connectivity index (χ0n) is 16.2. The van der Waals surface area contributed by atoms with E-state index in [1.807, 2.05) is 24.3 Å². The molecule has 2 aromatic carbocycles. The third-order valence-electron chi connectivity index (χ3n) is 4.70. The number of fused-ring (bicyclic) bond motifs is 3. The minimum Gasteiger partial charge on any atom is -0.493 e. The van der Waals surface area contributed by atoms with Gasteiger partial charge in [-0.2, -0.15) is 0 Å². The van der Waals surface area contributed by atoms with Gasteiger partial charge in [-0.1, -0.05) is 6.07 Å². The molecular formula is C21H21N5O3. The number of ether oxygens (including phenoxy) is 2. The Morgan fingerprint density at radius 3 is 2.72 bits per heavy atom. The number of amides is 1. The van der Waals surface area contributed by atoms with Crippen molar-refractivity contribution in [1.29, 1.82) is 0 Å². The van der Waals surface area contributed by atoms with E-state index in [2.05, 4.69) is 15.6 Å². The molecule has 0 aliphatic carbocycles. The van der Waals surface area contributed by atoms with Crippen LogP contribution in [0, 0.1) is 0 Å². The van der Waals surface area contributed by atoms with Crippen molar-refractivity contribution in [1.82, 2.24) is 9.97 Å². The molecule has 4 rings (SSSR count). The molecule has 0 bridgehead atoms. The number of carbonyl (C=O) groups is 1. The summed E-state index contributed by atoms with van der Waals surface area (Å²) < 4.78 is 10.6. The Balaban J connectivity index is 1.74. The van der Waals surface area contributed by atoms with E-state index < -0.39 is 0 Å². The van der Waals surface area contributed by atoms with Crippen molar-refractivity contribution in [2.24, 2.45) is 5.73 Å². The van der Waals surface area contributed by atoms with Gasteiger partial charge in [-0.05, 0) is 29.8 Å². The summed E-state index contributed by atoms with van der Waals surface area (Å²) in [6, 6.07) is 11.2. The molecule has 0 saturated carbocycles. The maximum Gasteiger partial charge on any atom is 0.228 e. The molecule has 3 aromatic rings. The lowest BCUT2D eigenvalue weighted by Crippen LogP contribution is -2.12. The summed E-state index contributed by atoms with van der Waals surface area (Å²) in [5.41, 5.74) is 10.5. The first-order valence-electron chi connectivity index (χ1n) is 9.09. The number of nitrogens with one attached hydrogen (secondary N) is 2. The number of carbonyl (C=O) groups excluding carboxylic acids is 1. The summed E-state index contributed by atoms with van der Waals surface area (Å²) in [7, 11) is 3.17. The number of aromatic nitrogens is 2. The molecule has 148 valence electrons. The number of benzene rings is 2. The minimum atomic E-state index is -0.102. The lowest BCUT2D eigenvalue weighted by molar-refractivity contribution is -0.115. The molecule has 0 radical (unpaired) electrons. The van der Waals surface area contributed by atoms with Crippen LogP contribution in [-0.2, 0) is 17.8 Å². The zero-order valence-corrected chi connectivity index (χ0v) is 16.2. The molecule has 4 N–H and O–H groups in total. The molecule has 29 heavy (non-hydrogen) atoms. The average molecular weight is 391 g/mol. The molecule has 0 fully saturated rings.